The molecule has 1 aliphatic heterocycles. The van der Waals surface area contributed by atoms with Crippen molar-refractivity contribution in [3.05, 3.63) is 0 Å². The quantitative estimate of drug-likeness (QED) is 0.747. The van der Waals surface area contributed by atoms with Gasteiger partial charge in [-0.1, -0.05) is 20.8 Å². The van der Waals surface area contributed by atoms with E-state index < -0.39 is 0 Å². The van der Waals surface area contributed by atoms with E-state index in [0.717, 1.165) is 44.7 Å². The van der Waals surface area contributed by atoms with Crippen LogP contribution in [0.1, 0.15) is 27.2 Å². The summed E-state index contributed by atoms with van der Waals surface area (Å²) >= 11 is 0. The van der Waals surface area contributed by atoms with Gasteiger partial charge in [-0.05, 0) is 31.3 Å². The second-order valence-electron chi connectivity index (χ2n) is 5.42. The molecular formula is C13H28N2O. The maximum absolute atomic E-state index is 5.46. The van der Waals surface area contributed by atoms with Crippen LogP contribution < -0.4 is 5.32 Å². The van der Waals surface area contributed by atoms with E-state index in [9.17, 15) is 0 Å². The molecule has 0 saturated carbocycles. The van der Waals surface area contributed by atoms with Gasteiger partial charge in [0.25, 0.3) is 0 Å². The number of hydrogen-bond acceptors (Lipinski definition) is 3. The lowest BCUT2D eigenvalue weighted by atomic mass is 10.1. The summed E-state index contributed by atoms with van der Waals surface area (Å²) in [4.78, 5) is 2.54. The first-order valence-corrected chi connectivity index (χ1v) is 6.69. The molecule has 0 amide bonds. The molecule has 1 atom stereocenters. The Morgan fingerprint density at radius 3 is 2.69 bits per heavy atom. The summed E-state index contributed by atoms with van der Waals surface area (Å²) in [7, 11) is 0. The fraction of sp³-hybridized carbons (Fsp3) is 1.00. The zero-order valence-corrected chi connectivity index (χ0v) is 11.2. The minimum absolute atomic E-state index is 0.733. The van der Waals surface area contributed by atoms with E-state index in [0.29, 0.717) is 0 Å². The second kappa shape index (κ2) is 8.04. The maximum atomic E-state index is 5.46. The van der Waals surface area contributed by atoms with Crippen molar-refractivity contribution in [2.75, 3.05) is 45.9 Å². The molecule has 1 unspecified atom stereocenters. The van der Waals surface area contributed by atoms with E-state index in [1.54, 1.807) is 0 Å². The smallest absolute Gasteiger partial charge is 0.0593 e. The minimum atomic E-state index is 0.733. The van der Waals surface area contributed by atoms with Gasteiger partial charge in [0, 0.05) is 26.2 Å². The summed E-state index contributed by atoms with van der Waals surface area (Å²) in [5, 5.41) is 3.53. The molecule has 0 aromatic rings. The van der Waals surface area contributed by atoms with Crippen LogP contribution in [0, 0.1) is 11.8 Å². The van der Waals surface area contributed by atoms with Crippen molar-refractivity contribution in [2.45, 2.75) is 27.2 Å². The van der Waals surface area contributed by atoms with Gasteiger partial charge in [0.1, 0.15) is 0 Å². The highest BCUT2D eigenvalue weighted by Crippen LogP contribution is 2.03. The third kappa shape index (κ3) is 6.46. The first-order valence-electron chi connectivity index (χ1n) is 6.69. The summed E-state index contributed by atoms with van der Waals surface area (Å²) in [6.07, 6.45) is 1.19. The van der Waals surface area contributed by atoms with Gasteiger partial charge in [0.15, 0.2) is 0 Å². The molecule has 0 aromatic heterocycles. The van der Waals surface area contributed by atoms with Gasteiger partial charge in [0.05, 0.1) is 6.61 Å². The van der Waals surface area contributed by atoms with Crippen molar-refractivity contribution in [1.29, 1.82) is 0 Å². The molecule has 1 heterocycles. The summed E-state index contributed by atoms with van der Waals surface area (Å²) in [5.74, 6) is 1.48. The Hall–Kier alpha value is -0.120. The molecule has 0 aromatic carbocycles. The van der Waals surface area contributed by atoms with Gasteiger partial charge in [-0.2, -0.15) is 0 Å². The van der Waals surface area contributed by atoms with E-state index in [1.807, 2.05) is 0 Å². The van der Waals surface area contributed by atoms with Crippen LogP contribution in [0.2, 0.25) is 0 Å². The van der Waals surface area contributed by atoms with Crippen LogP contribution in [0.3, 0.4) is 0 Å². The summed E-state index contributed by atoms with van der Waals surface area (Å²) in [6.45, 7) is 14.5. The monoisotopic (exact) mass is 228 g/mol. The number of nitrogens with one attached hydrogen (secondary N) is 1. The SMILES string of the molecule is CC(C)CNCC(C)CN1CCCOCC1. The van der Waals surface area contributed by atoms with Crippen molar-refractivity contribution in [1.82, 2.24) is 10.2 Å². The normalized spacial score (nSPS) is 21.0. The first-order chi connectivity index (χ1) is 7.68. The fourth-order valence-corrected chi connectivity index (χ4v) is 2.10. The molecule has 96 valence electrons. The van der Waals surface area contributed by atoms with Crippen molar-refractivity contribution in [3.8, 4) is 0 Å². The zero-order chi connectivity index (χ0) is 11.8. The minimum Gasteiger partial charge on any atom is -0.380 e. The Labute approximate surface area is 101 Å². The molecule has 1 aliphatic rings. The standard InChI is InChI=1S/C13H28N2O/c1-12(2)9-14-10-13(3)11-15-5-4-7-16-8-6-15/h12-14H,4-11H2,1-3H3. The van der Waals surface area contributed by atoms with Crippen molar-refractivity contribution in [2.24, 2.45) is 11.8 Å². The van der Waals surface area contributed by atoms with Crippen molar-refractivity contribution < 1.29 is 4.74 Å². The molecule has 3 nitrogen and oxygen atoms in total. The average Bonchev–Trinajstić information content (AvgIpc) is 2.45. The molecule has 1 rings (SSSR count). The molecule has 1 N–H and O–H groups in total. The van der Waals surface area contributed by atoms with Gasteiger partial charge in [-0.15, -0.1) is 0 Å². The molecular weight excluding hydrogens is 200 g/mol. The number of hydrogen-bond donors (Lipinski definition) is 1. The van der Waals surface area contributed by atoms with Crippen LogP contribution in [-0.4, -0.2) is 50.8 Å². The Bertz CT molecular complexity index is 165. The van der Waals surface area contributed by atoms with E-state index in [2.05, 4.69) is 31.0 Å². The van der Waals surface area contributed by atoms with E-state index in [1.165, 1.54) is 19.5 Å². The molecule has 0 bridgehead atoms. The van der Waals surface area contributed by atoms with Gasteiger partial charge in [0.2, 0.25) is 0 Å². The van der Waals surface area contributed by atoms with E-state index >= 15 is 0 Å². The molecule has 1 saturated heterocycles. The van der Waals surface area contributed by atoms with Crippen LogP contribution in [-0.2, 0) is 4.74 Å². The maximum Gasteiger partial charge on any atom is 0.0593 e. The Morgan fingerprint density at radius 2 is 1.94 bits per heavy atom. The van der Waals surface area contributed by atoms with E-state index in [4.69, 9.17) is 4.74 Å². The lowest BCUT2D eigenvalue weighted by Crippen LogP contribution is -2.35. The van der Waals surface area contributed by atoms with Crippen molar-refractivity contribution >= 4 is 0 Å². The topological polar surface area (TPSA) is 24.5 Å². The van der Waals surface area contributed by atoms with Gasteiger partial charge >= 0.3 is 0 Å². The Balaban J connectivity index is 2.09. The molecule has 0 spiro atoms. The number of rotatable bonds is 6. The lowest BCUT2D eigenvalue weighted by Gasteiger charge is -2.23. The third-order valence-electron chi connectivity index (χ3n) is 2.93. The fourth-order valence-electron chi connectivity index (χ4n) is 2.10. The molecule has 16 heavy (non-hydrogen) atoms. The second-order valence-corrected chi connectivity index (χ2v) is 5.42. The summed E-state index contributed by atoms with van der Waals surface area (Å²) in [6, 6.07) is 0. The van der Waals surface area contributed by atoms with Gasteiger partial charge < -0.3 is 15.0 Å². The Kier molecular flexibility index (Phi) is 7.01. The number of nitrogens with zero attached hydrogens (tertiary/aromatic N) is 1. The highest BCUT2D eigenvalue weighted by molar-refractivity contribution is 4.67. The van der Waals surface area contributed by atoms with Crippen LogP contribution >= 0.6 is 0 Å². The first kappa shape index (κ1) is 13.9. The highest BCUT2D eigenvalue weighted by Gasteiger charge is 2.12. The zero-order valence-electron chi connectivity index (χ0n) is 11.2. The van der Waals surface area contributed by atoms with E-state index in [-0.39, 0.29) is 0 Å². The molecule has 1 fully saturated rings. The number of ether oxygens (including phenoxy) is 1. The van der Waals surface area contributed by atoms with Crippen LogP contribution in [0.25, 0.3) is 0 Å². The lowest BCUT2D eigenvalue weighted by molar-refractivity contribution is 0.138. The predicted octanol–water partition coefficient (Wildman–Crippen LogP) is 1.59. The molecule has 0 radical (unpaired) electrons. The molecule has 3 heteroatoms. The summed E-state index contributed by atoms with van der Waals surface area (Å²) < 4.78 is 5.46. The van der Waals surface area contributed by atoms with Gasteiger partial charge in [-0.3, -0.25) is 0 Å². The third-order valence-corrected chi connectivity index (χ3v) is 2.93. The Morgan fingerprint density at radius 1 is 1.12 bits per heavy atom. The van der Waals surface area contributed by atoms with Crippen molar-refractivity contribution in [3.63, 3.8) is 0 Å². The largest absolute Gasteiger partial charge is 0.380 e. The highest BCUT2D eigenvalue weighted by atomic mass is 16.5. The summed E-state index contributed by atoms with van der Waals surface area (Å²) in [5.41, 5.74) is 0. The van der Waals surface area contributed by atoms with Gasteiger partial charge in [-0.25, -0.2) is 0 Å². The van der Waals surface area contributed by atoms with Crippen LogP contribution in [0.5, 0.6) is 0 Å². The predicted molar refractivity (Wildman–Crippen MR) is 68.7 cm³/mol. The van der Waals surface area contributed by atoms with Crippen LogP contribution in [0.4, 0.5) is 0 Å². The average molecular weight is 228 g/mol. The molecule has 0 aliphatic carbocycles. The van der Waals surface area contributed by atoms with Crippen LogP contribution in [0.15, 0.2) is 0 Å².